The number of phenols is 2. The van der Waals surface area contributed by atoms with Crippen LogP contribution in [-0.4, -0.2) is 46.7 Å². The second kappa shape index (κ2) is 8.62. The molecule has 3 N–H and O–H groups in total. The van der Waals surface area contributed by atoms with Gasteiger partial charge in [0.25, 0.3) is 0 Å². The van der Waals surface area contributed by atoms with Gasteiger partial charge in [-0.2, -0.15) is 0 Å². The fourth-order valence-electron chi connectivity index (χ4n) is 4.46. The number of methoxy groups -OCH3 is 1. The number of Topliss-reactive ketones (excluding diaryl/α,β-unsaturated/α-hetero) is 2. The molecule has 182 valence electrons. The summed E-state index contributed by atoms with van der Waals surface area (Å²) >= 11 is 0. The average Bonchev–Trinajstić information content (AvgIpc) is 3.07. The molecule has 0 saturated heterocycles. The van der Waals surface area contributed by atoms with Crippen LogP contribution in [-0.2, 0) is 24.5 Å². The molecule has 0 bridgehead atoms. The van der Waals surface area contributed by atoms with E-state index in [-0.39, 0.29) is 45.4 Å². The van der Waals surface area contributed by atoms with Gasteiger partial charge in [0.05, 0.1) is 18.2 Å². The standard InChI is InChI=1S/C25H29NO8/c1-8-10(2)19(24(32)33-7)26-12(4)16-14(28)9-15-25(6,23(16)31)18-21(30)11(3)20(29)17(13(5)27)22(18)34-15/h9-10,19,26,29-30H,8H2,1-7H3/t10-,19-,25-/m0/s1. The minimum absolute atomic E-state index is 0.00786. The number of rotatable bonds is 6. The molecule has 3 atom stereocenters. The number of carbonyl (C=O) groups excluding carboxylic acids is 4. The number of allylic oxidation sites excluding steroid dienone is 4. The lowest BCUT2D eigenvalue weighted by atomic mass is 9.70. The van der Waals surface area contributed by atoms with Crippen molar-refractivity contribution in [3.05, 3.63) is 39.8 Å². The summed E-state index contributed by atoms with van der Waals surface area (Å²) in [7, 11) is 1.26. The van der Waals surface area contributed by atoms with Gasteiger partial charge < -0.3 is 25.0 Å². The lowest BCUT2D eigenvalue weighted by molar-refractivity contribution is -0.144. The van der Waals surface area contributed by atoms with E-state index in [4.69, 9.17) is 9.47 Å². The van der Waals surface area contributed by atoms with Crippen LogP contribution >= 0.6 is 0 Å². The third-order valence-corrected chi connectivity index (χ3v) is 6.80. The van der Waals surface area contributed by atoms with Crippen molar-refractivity contribution < 1.29 is 38.9 Å². The highest BCUT2D eigenvalue weighted by Crippen LogP contribution is 2.57. The number of hydrogen-bond donors (Lipinski definition) is 3. The first-order valence-electron chi connectivity index (χ1n) is 11.0. The summed E-state index contributed by atoms with van der Waals surface area (Å²) in [5, 5.41) is 24.3. The number of benzene rings is 1. The first kappa shape index (κ1) is 25.0. The zero-order valence-electron chi connectivity index (χ0n) is 20.3. The normalized spacial score (nSPS) is 22.1. The minimum Gasteiger partial charge on any atom is -0.507 e. The van der Waals surface area contributed by atoms with Crippen LogP contribution in [0.5, 0.6) is 17.2 Å². The molecule has 0 saturated carbocycles. The maximum atomic E-state index is 13.8. The number of phenolic OH excluding ortho intramolecular Hbond substituents is 2. The smallest absolute Gasteiger partial charge is 0.328 e. The third-order valence-electron chi connectivity index (χ3n) is 6.80. The van der Waals surface area contributed by atoms with Crippen molar-refractivity contribution in [1.82, 2.24) is 5.32 Å². The molecule has 0 amide bonds. The average molecular weight is 472 g/mol. The van der Waals surface area contributed by atoms with Gasteiger partial charge in [0.1, 0.15) is 40.0 Å². The summed E-state index contributed by atoms with van der Waals surface area (Å²) < 4.78 is 10.6. The van der Waals surface area contributed by atoms with Crippen LogP contribution in [0, 0.1) is 12.8 Å². The number of fused-ring (bicyclic) bond motifs is 3. The molecular weight excluding hydrogens is 442 g/mol. The summed E-state index contributed by atoms with van der Waals surface area (Å²) in [5.74, 6) is -3.57. The highest BCUT2D eigenvalue weighted by atomic mass is 16.5. The van der Waals surface area contributed by atoms with Crippen LogP contribution in [0.15, 0.2) is 23.1 Å². The molecule has 0 unspecified atom stereocenters. The molecule has 1 aliphatic carbocycles. The van der Waals surface area contributed by atoms with Gasteiger partial charge in [0.15, 0.2) is 17.3 Å². The van der Waals surface area contributed by atoms with E-state index in [9.17, 15) is 29.4 Å². The molecular formula is C25H29NO8. The number of ether oxygens (including phenoxy) is 2. The van der Waals surface area contributed by atoms with Gasteiger partial charge in [0, 0.05) is 17.3 Å². The molecule has 9 heteroatoms. The van der Waals surface area contributed by atoms with E-state index in [1.54, 1.807) is 0 Å². The van der Waals surface area contributed by atoms with E-state index in [1.807, 2.05) is 13.8 Å². The van der Waals surface area contributed by atoms with Gasteiger partial charge in [-0.1, -0.05) is 20.3 Å². The second-order valence-electron chi connectivity index (χ2n) is 8.92. The Morgan fingerprint density at radius 2 is 1.82 bits per heavy atom. The van der Waals surface area contributed by atoms with E-state index in [2.05, 4.69) is 5.32 Å². The zero-order chi connectivity index (χ0) is 25.7. The summed E-state index contributed by atoms with van der Waals surface area (Å²) in [6.45, 7) is 9.38. The quantitative estimate of drug-likeness (QED) is 0.247. The molecule has 1 aliphatic heterocycles. The molecule has 1 heterocycles. The van der Waals surface area contributed by atoms with Crippen molar-refractivity contribution in [1.29, 1.82) is 0 Å². The highest BCUT2D eigenvalue weighted by molar-refractivity contribution is 6.31. The minimum atomic E-state index is -1.62. The molecule has 0 fully saturated rings. The fraction of sp³-hybridized carbons (Fsp3) is 0.440. The Kier molecular flexibility index (Phi) is 6.34. The molecule has 0 radical (unpaired) electrons. The number of hydrogen-bond acceptors (Lipinski definition) is 9. The van der Waals surface area contributed by atoms with Crippen molar-refractivity contribution in [3.8, 4) is 17.2 Å². The molecule has 0 spiro atoms. The largest absolute Gasteiger partial charge is 0.507 e. The lowest BCUT2D eigenvalue weighted by Gasteiger charge is -2.30. The van der Waals surface area contributed by atoms with Crippen LogP contribution in [0.3, 0.4) is 0 Å². The molecule has 0 aromatic heterocycles. The van der Waals surface area contributed by atoms with Gasteiger partial charge in [-0.05, 0) is 33.6 Å². The van der Waals surface area contributed by atoms with Crippen molar-refractivity contribution in [3.63, 3.8) is 0 Å². The molecule has 34 heavy (non-hydrogen) atoms. The number of ketones is 3. The number of aromatic hydroxyl groups is 2. The maximum Gasteiger partial charge on any atom is 0.328 e. The molecule has 1 aromatic carbocycles. The topological polar surface area (TPSA) is 139 Å². The van der Waals surface area contributed by atoms with Gasteiger partial charge in [0.2, 0.25) is 0 Å². The molecule has 2 aliphatic rings. The predicted octanol–water partition coefficient (Wildman–Crippen LogP) is 2.75. The van der Waals surface area contributed by atoms with Gasteiger partial charge in [-0.25, -0.2) is 4.79 Å². The lowest BCUT2D eigenvalue weighted by Crippen LogP contribution is -2.45. The van der Waals surface area contributed by atoms with E-state index >= 15 is 0 Å². The Bertz CT molecular complexity index is 1190. The Morgan fingerprint density at radius 1 is 1.21 bits per heavy atom. The van der Waals surface area contributed by atoms with Crippen LogP contribution in [0.2, 0.25) is 0 Å². The number of carbonyl (C=O) groups is 4. The molecule has 3 rings (SSSR count). The first-order chi connectivity index (χ1) is 15.8. The van der Waals surface area contributed by atoms with E-state index in [0.717, 1.165) is 6.08 Å². The van der Waals surface area contributed by atoms with Crippen LogP contribution in [0.1, 0.15) is 62.5 Å². The van der Waals surface area contributed by atoms with E-state index in [1.165, 1.54) is 34.8 Å². The number of nitrogens with one attached hydrogen (secondary N) is 1. The van der Waals surface area contributed by atoms with Crippen LogP contribution in [0.25, 0.3) is 0 Å². The van der Waals surface area contributed by atoms with Gasteiger partial charge in [-0.15, -0.1) is 0 Å². The molecule has 9 nitrogen and oxygen atoms in total. The van der Waals surface area contributed by atoms with Crippen molar-refractivity contribution >= 4 is 23.3 Å². The zero-order valence-corrected chi connectivity index (χ0v) is 20.3. The Morgan fingerprint density at radius 3 is 2.35 bits per heavy atom. The third kappa shape index (κ3) is 3.46. The summed E-state index contributed by atoms with van der Waals surface area (Å²) in [6, 6.07) is -0.787. The van der Waals surface area contributed by atoms with Crippen molar-refractivity contribution in [2.24, 2.45) is 5.92 Å². The van der Waals surface area contributed by atoms with Crippen molar-refractivity contribution in [2.45, 2.75) is 59.4 Å². The SMILES string of the molecule is CC[C@H](C)[C@H](NC(C)=C1C(=O)C=C2Oc3c(C(C)=O)c(O)c(C)c(O)c3[C@@]2(C)C1=O)C(=O)OC. The van der Waals surface area contributed by atoms with E-state index < -0.39 is 46.3 Å². The first-order valence-corrected chi connectivity index (χ1v) is 11.0. The Labute approximate surface area is 197 Å². The number of esters is 1. The van der Waals surface area contributed by atoms with Crippen LogP contribution in [0.4, 0.5) is 0 Å². The Balaban J connectivity index is 2.22. The molecule has 1 aromatic rings. The Hall–Kier alpha value is -3.62. The summed E-state index contributed by atoms with van der Waals surface area (Å²) in [6.07, 6.45) is 1.78. The van der Waals surface area contributed by atoms with Gasteiger partial charge >= 0.3 is 5.97 Å². The van der Waals surface area contributed by atoms with Crippen molar-refractivity contribution in [2.75, 3.05) is 7.11 Å². The second-order valence-corrected chi connectivity index (χ2v) is 8.92. The highest BCUT2D eigenvalue weighted by Gasteiger charge is 2.56. The van der Waals surface area contributed by atoms with Crippen LogP contribution < -0.4 is 10.1 Å². The maximum absolute atomic E-state index is 13.8. The monoisotopic (exact) mass is 471 g/mol. The van der Waals surface area contributed by atoms with Gasteiger partial charge in [-0.3, -0.25) is 14.4 Å². The summed E-state index contributed by atoms with van der Waals surface area (Å²) in [4.78, 5) is 51.4. The fourth-order valence-corrected chi connectivity index (χ4v) is 4.46. The summed E-state index contributed by atoms with van der Waals surface area (Å²) in [5.41, 5.74) is -1.79. The van der Waals surface area contributed by atoms with E-state index in [0.29, 0.717) is 6.42 Å². The predicted molar refractivity (Wildman–Crippen MR) is 122 cm³/mol.